The lowest BCUT2D eigenvalue weighted by molar-refractivity contribution is -0.146. The predicted molar refractivity (Wildman–Crippen MR) is 70.6 cm³/mol. The Morgan fingerprint density at radius 2 is 2.21 bits per heavy atom. The number of oxime groups is 1. The van der Waals surface area contributed by atoms with Crippen molar-refractivity contribution >= 4 is 11.7 Å². The summed E-state index contributed by atoms with van der Waals surface area (Å²) in [5.74, 6) is 0.558. The van der Waals surface area contributed by atoms with Gasteiger partial charge in [-0.25, -0.2) is 0 Å². The van der Waals surface area contributed by atoms with Gasteiger partial charge in [0.25, 0.3) is 0 Å². The van der Waals surface area contributed by atoms with E-state index in [1.807, 2.05) is 0 Å². The molecule has 0 bridgehead atoms. The molecule has 1 aliphatic heterocycles. The van der Waals surface area contributed by atoms with Crippen molar-refractivity contribution in [3.05, 3.63) is 0 Å². The van der Waals surface area contributed by atoms with Crippen molar-refractivity contribution in [2.24, 2.45) is 28.1 Å². The molecule has 1 saturated heterocycles. The quantitative estimate of drug-likeness (QED) is 0.298. The highest BCUT2D eigenvalue weighted by Gasteiger charge is 2.54. The van der Waals surface area contributed by atoms with Gasteiger partial charge in [0.1, 0.15) is 5.41 Å². The minimum Gasteiger partial charge on any atom is -0.409 e. The van der Waals surface area contributed by atoms with Crippen molar-refractivity contribution in [1.29, 1.82) is 0 Å². The van der Waals surface area contributed by atoms with Gasteiger partial charge in [-0.05, 0) is 37.5 Å². The molecule has 1 atom stereocenters. The van der Waals surface area contributed by atoms with Gasteiger partial charge in [-0.2, -0.15) is 0 Å². The number of amidine groups is 1. The lowest BCUT2D eigenvalue weighted by Gasteiger charge is -2.47. The van der Waals surface area contributed by atoms with E-state index >= 15 is 0 Å². The van der Waals surface area contributed by atoms with Gasteiger partial charge in [-0.15, -0.1) is 0 Å². The van der Waals surface area contributed by atoms with E-state index in [9.17, 15) is 9.90 Å². The van der Waals surface area contributed by atoms with E-state index in [0.717, 1.165) is 12.8 Å². The normalized spacial score (nSPS) is 35.9. The van der Waals surface area contributed by atoms with Crippen LogP contribution in [0.1, 0.15) is 32.6 Å². The van der Waals surface area contributed by atoms with E-state index in [1.165, 1.54) is 0 Å². The summed E-state index contributed by atoms with van der Waals surface area (Å²) < 4.78 is 0. The monoisotopic (exact) mass is 269 g/mol. The van der Waals surface area contributed by atoms with Gasteiger partial charge in [0.2, 0.25) is 5.91 Å². The van der Waals surface area contributed by atoms with Gasteiger partial charge < -0.3 is 20.9 Å². The van der Waals surface area contributed by atoms with Crippen LogP contribution in [0.2, 0.25) is 0 Å². The molecule has 2 fully saturated rings. The first-order valence-electron chi connectivity index (χ1n) is 6.91. The summed E-state index contributed by atoms with van der Waals surface area (Å²) in [4.78, 5) is 14.5. The minimum atomic E-state index is -0.814. The number of likely N-dealkylation sites (tertiary alicyclic amines) is 1. The number of rotatable bonds is 3. The van der Waals surface area contributed by atoms with Crippen molar-refractivity contribution in [3.8, 4) is 0 Å². The van der Waals surface area contributed by atoms with Gasteiger partial charge in [-0.3, -0.25) is 4.79 Å². The Morgan fingerprint density at radius 3 is 2.74 bits per heavy atom. The van der Waals surface area contributed by atoms with Crippen LogP contribution in [0.5, 0.6) is 0 Å². The molecule has 1 unspecified atom stereocenters. The zero-order valence-corrected chi connectivity index (χ0v) is 11.4. The first-order valence-corrected chi connectivity index (χ1v) is 6.91. The summed E-state index contributed by atoms with van der Waals surface area (Å²) in [5.41, 5.74) is 4.94. The van der Waals surface area contributed by atoms with Crippen molar-refractivity contribution in [1.82, 2.24) is 4.90 Å². The number of piperidine rings is 1. The predicted octanol–water partition coefficient (Wildman–Crippen LogP) is 0.380. The SMILES string of the molecule is CC1CC(C(=O)N2CCCC(CO)C2)(C(N)=NO)C1. The minimum absolute atomic E-state index is 0.0294. The van der Waals surface area contributed by atoms with Crippen LogP contribution in [0.3, 0.4) is 0 Å². The van der Waals surface area contributed by atoms with Crippen LogP contribution >= 0.6 is 0 Å². The summed E-state index contributed by atoms with van der Waals surface area (Å²) in [6, 6.07) is 0. The molecular weight excluding hydrogens is 246 g/mol. The Hall–Kier alpha value is -1.30. The molecular formula is C13H23N3O3. The summed E-state index contributed by atoms with van der Waals surface area (Å²) in [5, 5.41) is 21.2. The molecule has 0 aromatic heterocycles. The van der Waals surface area contributed by atoms with Crippen LogP contribution in [0, 0.1) is 17.3 Å². The summed E-state index contributed by atoms with van der Waals surface area (Å²) in [6.07, 6.45) is 3.13. The lowest BCUT2D eigenvalue weighted by atomic mass is 9.61. The van der Waals surface area contributed by atoms with E-state index in [-0.39, 0.29) is 24.3 Å². The number of hydrogen-bond donors (Lipinski definition) is 3. The molecule has 1 heterocycles. The molecule has 1 aliphatic carbocycles. The molecule has 6 heteroatoms. The molecule has 6 nitrogen and oxygen atoms in total. The molecule has 0 aromatic rings. The topological polar surface area (TPSA) is 99.2 Å². The van der Waals surface area contributed by atoms with Crippen molar-refractivity contribution in [3.63, 3.8) is 0 Å². The summed E-state index contributed by atoms with van der Waals surface area (Å²) in [6.45, 7) is 3.44. The first-order chi connectivity index (χ1) is 9.03. The fourth-order valence-electron chi connectivity index (χ4n) is 3.42. The third-order valence-corrected chi connectivity index (χ3v) is 4.47. The standard InChI is InChI=1S/C13H23N3O3/c1-9-5-13(6-9,11(14)15-19)12(18)16-4-2-3-10(7-16)8-17/h9-10,17,19H,2-8H2,1H3,(H2,14,15). The van der Waals surface area contributed by atoms with E-state index in [0.29, 0.717) is 31.8 Å². The number of carbonyl (C=O) groups excluding carboxylic acids is 1. The third kappa shape index (κ3) is 2.41. The van der Waals surface area contributed by atoms with E-state index in [2.05, 4.69) is 12.1 Å². The van der Waals surface area contributed by atoms with E-state index in [1.54, 1.807) is 4.90 Å². The van der Waals surface area contributed by atoms with Gasteiger partial charge in [0, 0.05) is 19.7 Å². The van der Waals surface area contributed by atoms with E-state index < -0.39 is 5.41 Å². The number of aliphatic hydroxyl groups is 1. The molecule has 2 rings (SSSR count). The van der Waals surface area contributed by atoms with Crippen molar-refractivity contribution < 1.29 is 15.1 Å². The number of hydrogen-bond acceptors (Lipinski definition) is 4. The molecule has 1 saturated carbocycles. The molecule has 19 heavy (non-hydrogen) atoms. The van der Waals surface area contributed by atoms with Crippen LogP contribution in [-0.2, 0) is 4.79 Å². The summed E-state index contributed by atoms with van der Waals surface area (Å²) >= 11 is 0. The van der Waals surface area contributed by atoms with Crippen LogP contribution in [0.4, 0.5) is 0 Å². The van der Waals surface area contributed by atoms with Gasteiger partial charge in [0.15, 0.2) is 5.84 Å². The first kappa shape index (κ1) is 14.1. The second kappa shape index (κ2) is 5.36. The maximum Gasteiger partial charge on any atom is 0.236 e. The number of amides is 1. The summed E-state index contributed by atoms with van der Waals surface area (Å²) in [7, 11) is 0. The molecule has 0 aromatic carbocycles. The molecule has 4 N–H and O–H groups in total. The maximum atomic E-state index is 12.7. The number of carbonyl (C=O) groups is 1. The molecule has 0 radical (unpaired) electrons. The van der Waals surface area contributed by atoms with Crippen LogP contribution in [-0.4, -0.2) is 46.7 Å². The number of nitrogens with two attached hydrogens (primary N) is 1. The zero-order chi connectivity index (χ0) is 14.0. The van der Waals surface area contributed by atoms with Crippen LogP contribution < -0.4 is 5.73 Å². The average Bonchev–Trinajstić information content (AvgIpc) is 2.42. The Labute approximate surface area is 113 Å². The van der Waals surface area contributed by atoms with Gasteiger partial charge in [-0.1, -0.05) is 12.1 Å². The fourth-order valence-corrected chi connectivity index (χ4v) is 3.42. The Kier molecular flexibility index (Phi) is 3.99. The fraction of sp³-hybridized carbons (Fsp3) is 0.846. The van der Waals surface area contributed by atoms with Crippen LogP contribution in [0.15, 0.2) is 5.16 Å². The van der Waals surface area contributed by atoms with Gasteiger partial charge in [0.05, 0.1) is 0 Å². The second-order valence-corrected chi connectivity index (χ2v) is 6.02. The van der Waals surface area contributed by atoms with Crippen LogP contribution in [0.25, 0.3) is 0 Å². The Bertz CT molecular complexity index is 377. The Morgan fingerprint density at radius 1 is 1.53 bits per heavy atom. The Balaban J connectivity index is 2.12. The van der Waals surface area contributed by atoms with Crippen molar-refractivity contribution in [2.75, 3.05) is 19.7 Å². The molecule has 1 amide bonds. The number of aliphatic hydroxyl groups excluding tert-OH is 1. The third-order valence-electron chi connectivity index (χ3n) is 4.47. The molecule has 108 valence electrons. The highest BCUT2D eigenvalue weighted by atomic mass is 16.4. The lowest BCUT2D eigenvalue weighted by Crippen LogP contribution is -2.59. The van der Waals surface area contributed by atoms with E-state index in [4.69, 9.17) is 10.9 Å². The largest absolute Gasteiger partial charge is 0.409 e. The smallest absolute Gasteiger partial charge is 0.236 e. The zero-order valence-electron chi connectivity index (χ0n) is 11.4. The number of nitrogens with zero attached hydrogens (tertiary/aromatic N) is 2. The molecule has 0 spiro atoms. The van der Waals surface area contributed by atoms with Gasteiger partial charge >= 0.3 is 0 Å². The average molecular weight is 269 g/mol. The maximum absolute atomic E-state index is 12.7. The second-order valence-electron chi connectivity index (χ2n) is 6.02. The van der Waals surface area contributed by atoms with Crippen molar-refractivity contribution in [2.45, 2.75) is 32.6 Å². The molecule has 2 aliphatic rings. The highest BCUT2D eigenvalue weighted by Crippen LogP contribution is 2.47. The highest BCUT2D eigenvalue weighted by molar-refractivity contribution is 6.07.